The van der Waals surface area contributed by atoms with Crippen molar-refractivity contribution in [1.82, 2.24) is 9.80 Å². The topological polar surface area (TPSA) is 43.8 Å². The largest absolute Gasteiger partial charge is 0.481 e. The van der Waals surface area contributed by atoms with Gasteiger partial charge < -0.3 is 10.0 Å². The summed E-state index contributed by atoms with van der Waals surface area (Å²) in [4.78, 5) is 15.9. The molecule has 4 heteroatoms. The molecule has 1 N–H and O–H groups in total. The van der Waals surface area contributed by atoms with Crippen LogP contribution in [0.15, 0.2) is 24.3 Å². The zero-order valence-corrected chi connectivity index (χ0v) is 12.7. The summed E-state index contributed by atoms with van der Waals surface area (Å²) in [5.74, 6) is 0.0332. The first-order valence-corrected chi connectivity index (χ1v) is 7.88. The van der Waals surface area contributed by atoms with Gasteiger partial charge in [0.05, 0.1) is 6.42 Å². The van der Waals surface area contributed by atoms with Crippen molar-refractivity contribution in [2.75, 3.05) is 33.2 Å². The van der Waals surface area contributed by atoms with Gasteiger partial charge in [0.15, 0.2) is 0 Å². The van der Waals surface area contributed by atoms with Crippen LogP contribution in [-0.4, -0.2) is 54.1 Å². The van der Waals surface area contributed by atoms with Gasteiger partial charge in [-0.1, -0.05) is 24.3 Å². The molecule has 2 fully saturated rings. The van der Waals surface area contributed by atoms with E-state index in [4.69, 9.17) is 0 Å². The Morgan fingerprint density at radius 3 is 2.33 bits per heavy atom. The van der Waals surface area contributed by atoms with Crippen molar-refractivity contribution in [3.8, 4) is 0 Å². The Bertz CT molecular complexity index is 488. The highest BCUT2D eigenvalue weighted by molar-refractivity contribution is 5.68. The van der Waals surface area contributed by atoms with E-state index in [1.165, 1.54) is 18.4 Å². The first-order valence-electron chi connectivity index (χ1n) is 7.88. The number of carbonyl (C=O) groups is 1. The highest BCUT2D eigenvalue weighted by Crippen LogP contribution is 2.40. The quantitative estimate of drug-likeness (QED) is 0.903. The van der Waals surface area contributed by atoms with Gasteiger partial charge in [-0.15, -0.1) is 0 Å². The van der Waals surface area contributed by atoms with Crippen LogP contribution in [0, 0.1) is 0 Å². The third kappa shape index (κ3) is 3.63. The Morgan fingerprint density at radius 1 is 1.19 bits per heavy atom. The molecular formula is C17H24N2O2. The summed E-state index contributed by atoms with van der Waals surface area (Å²) in [6.07, 6.45) is 2.79. The first-order chi connectivity index (χ1) is 10.1. The molecule has 21 heavy (non-hydrogen) atoms. The number of piperazine rings is 1. The van der Waals surface area contributed by atoms with Crippen molar-refractivity contribution in [2.45, 2.75) is 31.2 Å². The van der Waals surface area contributed by atoms with Gasteiger partial charge in [-0.05, 0) is 36.9 Å². The lowest BCUT2D eigenvalue weighted by atomic mass is 9.98. The van der Waals surface area contributed by atoms with Crippen molar-refractivity contribution >= 4 is 5.97 Å². The van der Waals surface area contributed by atoms with Crippen molar-refractivity contribution in [1.29, 1.82) is 0 Å². The van der Waals surface area contributed by atoms with Crippen molar-refractivity contribution in [2.24, 2.45) is 0 Å². The normalized spacial score (nSPS) is 22.1. The van der Waals surface area contributed by atoms with Gasteiger partial charge in [-0.25, -0.2) is 0 Å². The zero-order chi connectivity index (χ0) is 14.8. The molecule has 1 saturated heterocycles. The van der Waals surface area contributed by atoms with Crippen LogP contribution in [0.1, 0.15) is 42.3 Å². The van der Waals surface area contributed by atoms with E-state index in [1.54, 1.807) is 0 Å². The van der Waals surface area contributed by atoms with E-state index in [9.17, 15) is 9.90 Å². The van der Waals surface area contributed by atoms with Crippen molar-refractivity contribution in [3.63, 3.8) is 0 Å². The fourth-order valence-electron chi connectivity index (χ4n) is 3.16. The van der Waals surface area contributed by atoms with Crippen LogP contribution >= 0.6 is 0 Å². The molecule has 0 radical (unpaired) electrons. The molecule has 1 aliphatic heterocycles. The lowest BCUT2D eigenvalue weighted by Gasteiger charge is -2.37. The maximum Gasteiger partial charge on any atom is 0.305 e. The second-order valence-corrected chi connectivity index (χ2v) is 6.39. The molecular weight excluding hydrogens is 264 g/mol. The van der Waals surface area contributed by atoms with E-state index in [0.29, 0.717) is 0 Å². The van der Waals surface area contributed by atoms with Crippen LogP contribution in [-0.2, 0) is 4.79 Å². The third-order valence-electron chi connectivity index (χ3n) is 4.72. The van der Waals surface area contributed by atoms with Gasteiger partial charge in [0.25, 0.3) is 0 Å². The van der Waals surface area contributed by atoms with Crippen LogP contribution < -0.4 is 0 Å². The minimum absolute atomic E-state index is 0.00412. The van der Waals surface area contributed by atoms with E-state index in [0.717, 1.165) is 37.7 Å². The standard InChI is InChI=1S/C17H24N2O2/c1-18-8-10-19(11-9-18)16(12-17(20)21)15-6-4-14(5-7-15)13-2-3-13/h4-7,13,16H,2-3,8-12H2,1H3,(H,20,21). The van der Waals surface area contributed by atoms with Gasteiger partial charge in [-0.3, -0.25) is 9.69 Å². The second-order valence-electron chi connectivity index (χ2n) is 6.39. The summed E-state index contributed by atoms with van der Waals surface area (Å²) in [5, 5.41) is 9.24. The molecule has 114 valence electrons. The third-order valence-corrected chi connectivity index (χ3v) is 4.72. The maximum atomic E-state index is 11.2. The number of rotatable bonds is 5. The number of carboxylic acid groups (broad SMARTS) is 1. The number of likely N-dealkylation sites (N-methyl/N-ethyl adjacent to an activating group) is 1. The smallest absolute Gasteiger partial charge is 0.305 e. The average Bonchev–Trinajstić information content (AvgIpc) is 3.31. The summed E-state index contributed by atoms with van der Waals surface area (Å²) in [7, 11) is 2.12. The SMILES string of the molecule is CN1CCN(C(CC(=O)O)c2ccc(C3CC3)cc2)CC1. The van der Waals surface area contributed by atoms with Gasteiger partial charge in [0.2, 0.25) is 0 Å². The van der Waals surface area contributed by atoms with Gasteiger partial charge in [-0.2, -0.15) is 0 Å². The highest BCUT2D eigenvalue weighted by Gasteiger charge is 2.27. The molecule has 2 aliphatic rings. The molecule has 0 amide bonds. The van der Waals surface area contributed by atoms with Crippen LogP contribution in [0.3, 0.4) is 0 Å². The number of nitrogens with zero attached hydrogens (tertiary/aromatic N) is 2. The summed E-state index contributed by atoms with van der Waals surface area (Å²) in [6, 6.07) is 8.67. The molecule has 1 heterocycles. The fraction of sp³-hybridized carbons (Fsp3) is 0.588. The Hall–Kier alpha value is -1.39. The molecule has 1 aliphatic carbocycles. The molecule has 1 unspecified atom stereocenters. The molecule has 0 spiro atoms. The summed E-state index contributed by atoms with van der Waals surface area (Å²) < 4.78 is 0. The Labute approximate surface area is 126 Å². The number of hydrogen-bond acceptors (Lipinski definition) is 3. The van der Waals surface area contributed by atoms with E-state index in [2.05, 4.69) is 41.1 Å². The monoisotopic (exact) mass is 288 g/mol. The maximum absolute atomic E-state index is 11.2. The molecule has 0 aromatic heterocycles. The molecule has 1 atom stereocenters. The molecule has 0 bridgehead atoms. The molecule has 4 nitrogen and oxygen atoms in total. The first kappa shape index (κ1) is 14.5. The minimum atomic E-state index is -0.717. The van der Waals surface area contributed by atoms with E-state index in [-0.39, 0.29) is 12.5 Å². The van der Waals surface area contributed by atoms with E-state index < -0.39 is 5.97 Å². The van der Waals surface area contributed by atoms with Gasteiger partial charge >= 0.3 is 5.97 Å². The number of carboxylic acids is 1. The predicted octanol–water partition coefficient (Wildman–Crippen LogP) is 2.33. The Balaban J connectivity index is 1.75. The van der Waals surface area contributed by atoms with Crippen LogP contribution in [0.5, 0.6) is 0 Å². The van der Waals surface area contributed by atoms with Crippen LogP contribution in [0.4, 0.5) is 0 Å². The minimum Gasteiger partial charge on any atom is -0.481 e. The van der Waals surface area contributed by atoms with Crippen molar-refractivity contribution < 1.29 is 9.90 Å². The summed E-state index contributed by atoms with van der Waals surface area (Å²) in [5.41, 5.74) is 2.55. The van der Waals surface area contributed by atoms with Crippen molar-refractivity contribution in [3.05, 3.63) is 35.4 Å². The highest BCUT2D eigenvalue weighted by atomic mass is 16.4. The molecule has 3 rings (SSSR count). The summed E-state index contributed by atoms with van der Waals surface area (Å²) >= 11 is 0. The summed E-state index contributed by atoms with van der Waals surface area (Å²) in [6.45, 7) is 3.91. The lowest BCUT2D eigenvalue weighted by molar-refractivity contribution is -0.138. The van der Waals surface area contributed by atoms with Crippen LogP contribution in [0.2, 0.25) is 0 Å². The number of hydrogen-bond donors (Lipinski definition) is 1. The predicted molar refractivity (Wildman–Crippen MR) is 82.5 cm³/mol. The zero-order valence-electron chi connectivity index (χ0n) is 12.7. The molecule has 1 saturated carbocycles. The fourth-order valence-corrected chi connectivity index (χ4v) is 3.16. The Kier molecular flexibility index (Phi) is 4.27. The molecule has 1 aromatic rings. The number of aliphatic carboxylic acids is 1. The van der Waals surface area contributed by atoms with Crippen LogP contribution in [0.25, 0.3) is 0 Å². The second kappa shape index (κ2) is 6.16. The average molecular weight is 288 g/mol. The van der Waals surface area contributed by atoms with Gasteiger partial charge in [0.1, 0.15) is 0 Å². The Morgan fingerprint density at radius 2 is 1.81 bits per heavy atom. The van der Waals surface area contributed by atoms with E-state index in [1.807, 2.05) is 0 Å². The lowest BCUT2D eigenvalue weighted by Crippen LogP contribution is -2.46. The van der Waals surface area contributed by atoms with E-state index >= 15 is 0 Å². The van der Waals surface area contributed by atoms with Gasteiger partial charge in [0, 0.05) is 32.2 Å². The molecule has 1 aromatic carbocycles. The number of benzene rings is 1.